The van der Waals surface area contributed by atoms with Crippen LogP contribution in [0.25, 0.3) is 10.9 Å². The van der Waals surface area contributed by atoms with E-state index in [4.69, 9.17) is 0 Å². The molecule has 22 heavy (non-hydrogen) atoms. The van der Waals surface area contributed by atoms with Gasteiger partial charge < -0.3 is 4.98 Å². The lowest BCUT2D eigenvalue weighted by atomic mass is 9.97. The maximum absolute atomic E-state index is 13.6. The summed E-state index contributed by atoms with van der Waals surface area (Å²) in [5.41, 5.74) is 3.65. The highest BCUT2D eigenvalue weighted by molar-refractivity contribution is 5.85. The highest BCUT2D eigenvalue weighted by Gasteiger charge is 2.08. The van der Waals surface area contributed by atoms with Crippen LogP contribution < -0.4 is 0 Å². The van der Waals surface area contributed by atoms with Crippen molar-refractivity contribution in [3.63, 3.8) is 0 Å². The fraction of sp³-hybridized carbons (Fsp3) is 0.211. The van der Waals surface area contributed by atoms with Crippen LogP contribution in [0.3, 0.4) is 0 Å². The first-order valence-electron chi connectivity index (χ1n) is 7.52. The zero-order chi connectivity index (χ0) is 15.4. The van der Waals surface area contributed by atoms with Crippen molar-refractivity contribution in [3.8, 4) is 6.07 Å². The van der Waals surface area contributed by atoms with E-state index in [0.29, 0.717) is 0 Å². The number of nitriles is 1. The largest absolute Gasteiger partial charge is 0.361 e. The molecule has 0 fully saturated rings. The van der Waals surface area contributed by atoms with Crippen LogP contribution in [0, 0.1) is 17.1 Å². The van der Waals surface area contributed by atoms with Crippen LogP contribution in [0.2, 0.25) is 0 Å². The van der Waals surface area contributed by atoms with Crippen molar-refractivity contribution in [2.24, 2.45) is 0 Å². The van der Waals surface area contributed by atoms with E-state index < -0.39 is 0 Å². The van der Waals surface area contributed by atoms with E-state index in [1.54, 1.807) is 6.07 Å². The number of unbranched alkanes of at least 4 members (excludes halogenated alkanes) is 1. The summed E-state index contributed by atoms with van der Waals surface area (Å²) < 4.78 is 13.6. The van der Waals surface area contributed by atoms with Crippen molar-refractivity contribution < 1.29 is 4.39 Å². The Balaban J connectivity index is 1.68. The first-order valence-corrected chi connectivity index (χ1v) is 7.52. The molecule has 1 aromatic heterocycles. The van der Waals surface area contributed by atoms with E-state index in [-0.39, 0.29) is 5.82 Å². The van der Waals surface area contributed by atoms with Gasteiger partial charge in [-0.05, 0) is 61.1 Å². The third kappa shape index (κ3) is 2.87. The quantitative estimate of drug-likeness (QED) is 0.678. The molecule has 3 rings (SSSR count). The smallest absolute Gasteiger partial charge is 0.126 e. The first kappa shape index (κ1) is 14.3. The van der Waals surface area contributed by atoms with Gasteiger partial charge in [-0.3, -0.25) is 0 Å². The molecule has 110 valence electrons. The summed E-state index contributed by atoms with van der Waals surface area (Å²) in [6.45, 7) is 0. The van der Waals surface area contributed by atoms with E-state index in [0.717, 1.165) is 53.3 Å². The molecule has 2 aromatic carbocycles. The molecule has 0 radical (unpaired) electrons. The number of fused-ring (bicyclic) bond motifs is 1. The van der Waals surface area contributed by atoms with Crippen LogP contribution in [0.15, 0.2) is 48.7 Å². The minimum Gasteiger partial charge on any atom is -0.361 e. The molecule has 0 saturated heterocycles. The Morgan fingerprint density at radius 3 is 2.64 bits per heavy atom. The molecule has 0 atom stereocenters. The van der Waals surface area contributed by atoms with E-state index in [1.165, 1.54) is 6.07 Å². The molecule has 0 spiro atoms. The van der Waals surface area contributed by atoms with Gasteiger partial charge >= 0.3 is 0 Å². The van der Waals surface area contributed by atoms with Gasteiger partial charge in [-0.1, -0.05) is 18.2 Å². The molecule has 0 aliphatic rings. The maximum Gasteiger partial charge on any atom is 0.126 e. The Hall–Kier alpha value is -2.60. The molecule has 2 nitrogen and oxygen atoms in total. The molecule has 3 aromatic rings. The second-order valence-corrected chi connectivity index (χ2v) is 5.44. The van der Waals surface area contributed by atoms with Crippen LogP contribution in [0.4, 0.5) is 4.39 Å². The Morgan fingerprint density at radius 1 is 1.00 bits per heavy atom. The standard InChI is InChI=1S/C19H17FN2/c20-18-8-4-2-6-14(18)5-1-3-7-16-15(13-21)9-10-19-17(16)11-12-22-19/h2,4,6,8-12,22H,1,3,5,7H2. The Bertz CT molecular complexity index is 827. The summed E-state index contributed by atoms with van der Waals surface area (Å²) >= 11 is 0. The fourth-order valence-corrected chi connectivity index (χ4v) is 2.89. The van der Waals surface area contributed by atoms with Gasteiger partial charge in [0.1, 0.15) is 5.82 Å². The summed E-state index contributed by atoms with van der Waals surface area (Å²) in [7, 11) is 0. The Labute approximate surface area is 129 Å². The zero-order valence-corrected chi connectivity index (χ0v) is 12.3. The number of H-pyrrole nitrogens is 1. The normalized spacial score (nSPS) is 10.7. The van der Waals surface area contributed by atoms with Crippen molar-refractivity contribution >= 4 is 10.9 Å². The molecule has 1 heterocycles. The number of aromatic amines is 1. The fourth-order valence-electron chi connectivity index (χ4n) is 2.89. The SMILES string of the molecule is N#Cc1ccc2[nH]ccc2c1CCCCc1ccccc1F. The zero-order valence-electron chi connectivity index (χ0n) is 12.3. The molecule has 0 aliphatic carbocycles. The second-order valence-electron chi connectivity index (χ2n) is 5.44. The number of nitrogens with zero attached hydrogens (tertiary/aromatic N) is 1. The lowest BCUT2D eigenvalue weighted by molar-refractivity contribution is 0.600. The number of aryl methyl sites for hydroxylation is 2. The minimum atomic E-state index is -0.132. The summed E-state index contributed by atoms with van der Waals surface area (Å²) in [6, 6.07) is 15.0. The van der Waals surface area contributed by atoms with Crippen LogP contribution >= 0.6 is 0 Å². The molecular formula is C19H17FN2. The van der Waals surface area contributed by atoms with E-state index >= 15 is 0 Å². The number of benzene rings is 2. The highest BCUT2D eigenvalue weighted by Crippen LogP contribution is 2.23. The van der Waals surface area contributed by atoms with Gasteiger partial charge in [0.2, 0.25) is 0 Å². The van der Waals surface area contributed by atoms with Crippen LogP contribution in [-0.4, -0.2) is 4.98 Å². The molecule has 3 heteroatoms. The van der Waals surface area contributed by atoms with Gasteiger partial charge in [0.15, 0.2) is 0 Å². The van der Waals surface area contributed by atoms with Crippen LogP contribution in [0.1, 0.15) is 29.5 Å². The minimum absolute atomic E-state index is 0.132. The predicted octanol–water partition coefficient (Wildman–Crippen LogP) is 4.74. The van der Waals surface area contributed by atoms with E-state index in [2.05, 4.69) is 11.1 Å². The highest BCUT2D eigenvalue weighted by atomic mass is 19.1. The van der Waals surface area contributed by atoms with E-state index in [9.17, 15) is 9.65 Å². The first-order chi connectivity index (χ1) is 10.8. The monoisotopic (exact) mass is 292 g/mol. The number of nitrogens with one attached hydrogen (secondary N) is 1. The van der Waals surface area contributed by atoms with Gasteiger partial charge in [-0.15, -0.1) is 0 Å². The molecule has 0 saturated carbocycles. The Morgan fingerprint density at radius 2 is 1.82 bits per heavy atom. The molecule has 0 unspecified atom stereocenters. The number of hydrogen-bond donors (Lipinski definition) is 1. The summed E-state index contributed by atoms with van der Waals surface area (Å²) in [5.74, 6) is -0.132. The molecule has 0 amide bonds. The summed E-state index contributed by atoms with van der Waals surface area (Å²) in [4.78, 5) is 3.18. The number of aromatic nitrogens is 1. The lowest BCUT2D eigenvalue weighted by Crippen LogP contribution is -1.95. The molecule has 0 bridgehead atoms. The number of halogens is 1. The van der Waals surface area contributed by atoms with Crippen molar-refractivity contribution in [1.29, 1.82) is 5.26 Å². The Kier molecular flexibility index (Phi) is 4.20. The molecule has 1 N–H and O–H groups in total. The van der Waals surface area contributed by atoms with E-state index in [1.807, 2.05) is 36.5 Å². The van der Waals surface area contributed by atoms with Gasteiger partial charge in [0.05, 0.1) is 11.6 Å². The third-order valence-electron chi connectivity index (χ3n) is 4.05. The van der Waals surface area contributed by atoms with Gasteiger partial charge in [-0.25, -0.2) is 4.39 Å². The van der Waals surface area contributed by atoms with Gasteiger partial charge in [-0.2, -0.15) is 5.26 Å². The summed E-state index contributed by atoms with van der Waals surface area (Å²) in [5, 5.41) is 10.4. The van der Waals surface area contributed by atoms with Crippen molar-refractivity contribution in [3.05, 3.63) is 71.2 Å². The summed E-state index contributed by atoms with van der Waals surface area (Å²) in [6.07, 6.45) is 5.32. The average molecular weight is 292 g/mol. The predicted molar refractivity (Wildman–Crippen MR) is 86.1 cm³/mol. The van der Waals surface area contributed by atoms with Crippen molar-refractivity contribution in [1.82, 2.24) is 4.98 Å². The lowest BCUT2D eigenvalue weighted by Gasteiger charge is -2.07. The van der Waals surface area contributed by atoms with Crippen molar-refractivity contribution in [2.75, 3.05) is 0 Å². The van der Waals surface area contributed by atoms with Crippen LogP contribution in [0.5, 0.6) is 0 Å². The van der Waals surface area contributed by atoms with Gasteiger partial charge in [0, 0.05) is 17.1 Å². The molecular weight excluding hydrogens is 275 g/mol. The number of rotatable bonds is 5. The average Bonchev–Trinajstić information content (AvgIpc) is 3.01. The maximum atomic E-state index is 13.6. The third-order valence-corrected chi connectivity index (χ3v) is 4.05. The second kappa shape index (κ2) is 6.44. The van der Waals surface area contributed by atoms with Crippen molar-refractivity contribution in [2.45, 2.75) is 25.7 Å². The number of hydrogen-bond acceptors (Lipinski definition) is 1. The molecule has 0 aliphatic heterocycles. The van der Waals surface area contributed by atoms with Gasteiger partial charge in [0.25, 0.3) is 0 Å². The topological polar surface area (TPSA) is 39.6 Å². The van der Waals surface area contributed by atoms with Crippen LogP contribution in [-0.2, 0) is 12.8 Å².